The standard InChI is InChI=1S/C14H14N2O2/c1-10-5-3-4-6-11(10)13(17)7-14(18)12-8-16(2)9-15-12/h3-6,8-9H,7H2,1-2H3. The number of hydrogen-bond acceptors (Lipinski definition) is 3. The smallest absolute Gasteiger partial charge is 0.190 e. The topological polar surface area (TPSA) is 52.0 Å². The molecule has 4 nitrogen and oxygen atoms in total. The second-order valence-corrected chi connectivity index (χ2v) is 4.26. The maximum Gasteiger partial charge on any atom is 0.190 e. The van der Waals surface area contributed by atoms with Gasteiger partial charge in [-0.2, -0.15) is 0 Å². The predicted octanol–water partition coefficient (Wildman–Crippen LogP) is 2.18. The molecule has 0 saturated heterocycles. The van der Waals surface area contributed by atoms with Crippen LogP contribution in [0.4, 0.5) is 0 Å². The minimum Gasteiger partial charge on any atom is -0.340 e. The molecule has 0 unspecified atom stereocenters. The van der Waals surface area contributed by atoms with Gasteiger partial charge in [0.2, 0.25) is 0 Å². The fourth-order valence-electron chi connectivity index (χ4n) is 1.77. The van der Waals surface area contributed by atoms with E-state index in [4.69, 9.17) is 0 Å². The second-order valence-electron chi connectivity index (χ2n) is 4.26. The predicted molar refractivity (Wildman–Crippen MR) is 67.7 cm³/mol. The molecule has 4 heteroatoms. The number of aryl methyl sites for hydroxylation is 2. The third-order valence-corrected chi connectivity index (χ3v) is 2.76. The fraction of sp³-hybridized carbons (Fsp3) is 0.214. The van der Waals surface area contributed by atoms with Gasteiger partial charge in [0.1, 0.15) is 5.69 Å². The van der Waals surface area contributed by atoms with Gasteiger partial charge in [-0.1, -0.05) is 24.3 Å². The summed E-state index contributed by atoms with van der Waals surface area (Å²) in [5.74, 6) is -0.410. The third kappa shape index (κ3) is 2.53. The Morgan fingerprint density at radius 2 is 1.94 bits per heavy atom. The molecule has 0 N–H and O–H groups in total. The minimum atomic E-state index is -0.246. The van der Waals surface area contributed by atoms with Crippen LogP contribution in [0.1, 0.15) is 32.8 Å². The Balaban J connectivity index is 2.13. The van der Waals surface area contributed by atoms with Crippen molar-refractivity contribution in [3.8, 4) is 0 Å². The van der Waals surface area contributed by atoms with Crippen molar-refractivity contribution in [3.63, 3.8) is 0 Å². The first-order valence-corrected chi connectivity index (χ1v) is 5.68. The Hall–Kier alpha value is -2.23. The van der Waals surface area contributed by atoms with Crippen molar-refractivity contribution in [1.29, 1.82) is 0 Å². The Morgan fingerprint density at radius 3 is 2.56 bits per heavy atom. The van der Waals surface area contributed by atoms with Crippen molar-refractivity contribution in [1.82, 2.24) is 9.55 Å². The van der Waals surface area contributed by atoms with Gasteiger partial charge < -0.3 is 4.57 Å². The number of hydrogen-bond donors (Lipinski definition) is 0. The minimum absolute atomic E-state index is 0.137. The van der Waals surface area contributed by atoms with E-state index in [0.717, 1.165) is 5.56 Å². The Labute approximate surface area is 105 Å². The number of aromatic nitrogens is 2. The summed E-state index contributed by atoms with van der Waals surface area (Å²) in [4.78, 5) is 27.8. The molecule has 0 aliphatic heterocycles. The zero-order valence-corrected chi connectivity index (χ0v) is 10.4. The largest absolute Gasteiger partial charge is 0.340 e. The first kappa shape index (κ1) is 12.2. The molecule has 0 amide bonds. The zero-order chi connectivity index (χ0) is 13.1. The summed E-state index contributed by atoms with van der Waals surface area (Å²) in [6.45, 7) is 1.86. The highest BCUT2D eigenvalue weighted by Gasteiger charge is 2.16. The summed E-state index contributed by atoms with van der Waals surface area (Å²) in [5.41, 5.74) is 1.82. The van der Waals surface area contributed by atoms with Crippen LogP contribution in [-0.4, -0.2) is 21.1 Å². The van der Waals surface area contributed by atoms with Gasteiger partial charge in [-0.15, -0.1) is 0 Å². The van der Waals surface area contributed by atoms with Crippen molar-refractivity contribution < 1.29 is 9.59 Å². The van der Waals surface area contributed by atoms with E-state index in [0.29, 0.717) is 11.3 Å². The van der Waals surface area contributed by atoms with Gasteiger partial charge in [-0.05, 0) is 12.5 Å². The van der Waals surface area contributed by atoms with Gasteiger partial charge in [0, 0.05) is 18.8 Å². The highest BCUT2D eigenvalue weighted by atomic mass is 16.1. The van der Waals surface area contributed by atoms with Crippen LogP contribution in [0.5, 0.6) is 0 Å². The molecule has 0 bridgehead atoms. The van der Waals surface area contributed by atoms with Crippen molar-refractivity contribution in [3.05, 3.63) is 53.6 Å². The van der Waals surface area contributed by atoms with Crippen molar-refractivity contribution >= 4 is 11.6 Å². The molecule has 2 rings (SSSR count). The van der Waals surface area contributed by atoms with Gasteiger partial charge in [-0.25, -0.2) is 4.98 Å². The van der Waals surface area contributed by atoms with Crippen molar-refractivity contribution in [2.24, 2.45) is 7.05 Å². The number of ketones is 2. The van der Waals surface area contributed by atoms with Crippen molar-refractivity contribution in [2.75, 3.05) is 0 Å². The van der Waals surface area contributed by atoms with Crippen LogP contribution in [0.3, 0.4) is 0 Å². The maximum absolute atomic E-state index is 12.0. The molecule has 1 heterocycles. The number of carbonyl (C=O) groups excluding carboxylic acids is 2. The third-order valence-electron chi connectivity index (χ3n) is 2.76. The zero-order valence-electron chi connectivity index (χ0n) is 10.4. The first-order valence-electron chi connectivity index (χ1n) is 5.68. The molecule has 0 spiro atoms. The van der Waals surface area contributed by atoms with Gasteiger partial charge in [0.25, 0.3) is 0 Å². The molecular weight excluding hydrogens is 228 g/mol. The second kappa shape index (κ2) is 4.96. The van der Waals surface area contributed by atoms with Gasteiger partial charge in [-0.3, -0.25) is 9.59 Å². The van der Waals surface area contributed by atoms with E-state index in [-0.39, 0.29) is 18.0 Å². The van der Waals surface area contributed by atoms with Gasteiger partial charge >= 0.3 is 0 Å². The lowest BCUT2D eigenvalue weighted by molar-refractivity contribution is 0.0891. The lowest BCUT2D eigenvalue weighted by Gasteiger charge is -2.02. The molecule has 92 valence electrons. The fourth-order valence-corrected chi connectivity index (χ4v) is 1.77. The lowest BCUT2D eigenvalue weighted by atomic mass is 10.0. The molecule has 0 atom stereocenters. The Kier molecular flexibility index (Phi) is 3.37. The Bertz CT molecular complexity index is 599. The number of imidazole rings is 1. The van der Waals surface area contributed by atoms with Crippen molar-refractivity contribution in [2.45, 2.75) is 13.3 Å². The molecule has 0 radical (unpaired) electrons. The van der Waals surface area contributed by atoms with E-state index < -0.39 is 0 Å². The van der Waals surface area contributed by atoms with Crippen LogP contribution in [-0.2, 0) is 7.05 Å². The summed E-state index contributed by atoms with van der Waals surface area (Å²) in [5, 5.41) is 0. The average molecular weight is 242 g/mol. The van der Waals surface area contributed by atoms with E-state index in [1.165, 1.54) is 0 Å². The van der Waals surface area contributed by atoms with E-state index in [2.05, 4.69) is 4.98 Å². The van der Waals surface area contributed by atoms with E-state index in [1.54, 1.807) is 36.3 Å². The quantitative estimate of drug-likeness (QED) is 0.610. The molecule has 0 aliphatic rings. The van der Waals surface area contributed by atoms with Crippen LogP contribution in [0, 0.1) is 6.92 Å². The summed E-state index contributed by atoms with van der Waals surface area (Å²) in [6, 6.07) is 7.26. The van der Waals surface area contributed by atoms with Gasteiger partial charge in [0.15, 0.2) is 11.6 Å². The highest BCUT2D eigenvalue weighted by Crippen LogP contribution is 2.11. The lowest BCUT2D eigenvalue weighted by Crippen LogP contribution is -2.10. The molecule has 0 fully saturated rings. The van der Waals surface area contributed by atoms with Crippen LogP contribution < -0.4 is 0 Å². The van der Waals surface area contributed by atoms with Gasteiger partial charge in [0.05, 0.1) is 12.7 Å². The first-order chi connectivity index (χ1) is 8.58. The number of rotatable bonds is 4. The molecule has 0 saturated carbocycles. The normalized spacial score (nSPS) is 10.3. The molecule has 0 aliphatic carbocycles. The number of Topliss-reactive ketones (excluding diaryl/α,β-unsaturated/α-hetero) is 2. The van der Waals surface area contributed by atoms with Crippen LogP contribution in [0.15, 0.2) is 36.8 Å². The molecule has 2 aromatic rings. The molecule has 1 aromatic carbocycles. The summed E-state index contributed by atoms with van der Waals surface area (Å²) in [7, 11) is 1.78. The molecule has 1 aromatic heterocycles. The average Bonchev–Trinajstić information content (AvgIpc) is 2.76. The summed E-state index contributed by atoms with van der Waals surface area (Å²) >= 11 is 0. The van der Waals surface area contributed by atoms with Crippen LogP contribution in [0.25, 0.3) is 0 Å². The van der Waals surface area contributed by atoms with E-state index in [9.17, 15) is 9.59 Å². The van der Waals surface area contributed by atoms with E-state index >= 15 is 0 Å². The monoisotopic (exact) mass is 242 g/mol. The van der Waals surface area contributed by atoms with E-state index in [1.807, 2.05) is 19.1 Å². The molecular formula is C14H14N2O2. The van der Waals surface area contributed by atoms with Crippen LogP contribution in [0.2, 0.25) is 0 Å². The summed E-state index contributed by atoms with van der Waals surface area (Å²) < 4.78 is 1.69. The maximum atomic E-state index is 12.0. The highest BCUT2D eigenvalue weighted by molar-refractivity contribution is 6.13. The number of benzene rings is 1. The number of carbonyl (C=O) groups is 2. The number of nitrogens with zero attached hydrogens (tertiary/aromatic N) is 2. The summed E-state index contributed by atoms with van der Waals surface area (Å²) in [6.07, 6.45) is 3.03. The molecule has 18 heavy (non-hydrogen) atoms. The van der Waals surface area contributed by atoms with Crippen LogP contribution >= 0.6 is 0 Å². The SMILES string of the molecule is Cc1ccccc1C(=O)CC(=O)c1cn(C)cn1. The Morgan fingerprint density at radius 1 is 1.22 bits per heavy atom.